The molecule has 1 saturated heterocycles. The number of nitro groups is 1. The van der Waals surface area contributed by atoms with Crippen LogP contribution in [0.4, 0.5) is 21.9 Å². The van der Waals surface area contributed by atoms with Gasteiger partial charge in [0.05, 0.1) is 10.6 Å². The number of amides is 1. The van der Waals surface area contributed by atoms with Crippen LogP contribution >= 0.6 is 0 Å². The van der Waals surface area contributed by atoms with Crippen molar-refractivity contribution in [3.63, 3.8) is 0 Å². The molecule has 28 heavy (non-hydrogen) atoms. The Kier molecular flexibility index (Phi) is 6.10. The number of carbonyl (C=O) groups excluding carboxylic acids is 1. The van der Waals surface area contributed by atoms with E-state index in [1.54, 1.807) is 12.1 Å². The first-order chi connectivity index (χ1) is 13.4. The molecule has 2 aromatic rings. The van der Waals surface area contributed by atoms with E-state index in [9.17, 15) is 14.9 Å². The van der Waals surface area contributed by atoms with Crippen LogP contribution < -0.4 is 10.2 Å². The lowest BCUT2D eigenvalue weighted by atomic mass is 10.2. The number of nitro benzene ring substituents is 1. The zero-order valence-electron chi connectivity index (χ0n) is 16.0. The van der Waals surface area contributed by atoms with Crippen LogP contribution in [0.3, 0.4) is 0 Å². The monoisotopic (exact) mass is 384 g/mol. The van der Waals surface area contributed by atoms with Crippen molar-refractivity contribution in [3.05, 3.63) is 64.2 Å². The van der Waals surface area contributed by atoms with Gasteiger partial charge in [0, 0.05) is 25.2 Å². The second-order valence-electron chi connectivity index (χ2n) is 7.00. The van der Waals surface area contributed by atoms with Gasteiger partial charge in [-0.1, -0.05) is 30.3 Å². The van der Waals surface area contributed by atoms with Crippen LogP contribution in [0.25, 0.3) is 0 Å². The van der Waals surface area contributed by atoms with Crippen LogP contribution in [0.2, 0.25) is 0 Å². The summed E-state index contributed by atoms with van der Waals surface area (Å²) in [6.07, 6.45) is 0.301. The van der Waals surface area contributed by atoms with E-state index < -0.39 is 11.0 Å². The third-order valence-corrected chi connectivity index (χ3v) is 4.87. The van der Waals surface area contributed by atoms with E-state index in [0.29, 0.717) is 17.4 Å². The quantitative estimate of drug-likeness (QED) is 0.606. The summed E-state index contributed by atoms with van der Waals surface area (Å²) in [5, 5.41) is 14.1. The van der Waals surface area contributed by atoms with Crippen molar-refractivity contribution in [2.24, 2.45) is 0 Å². The van der Waals surface area contributed by atoms with Crippen LogP contribution in [0.5, 0.6) is 0 Å². The van der Waals surface area contributed by atoms with Crippen molar-refractivity contribution in [2.75, 3.05) is 37.4 Å². The first-order valence-corrected chi connectivity index (χ1v) is 9.11. The molecule has 0 saturated carbocycles. The van der Waals surface area contributed by atoms with Gasteiger partial charge >= 0.3 is 6.09 Å². The Labute approximate surface area is 163 Å². The predicted octanol–water partition coefficient (Wildman–Crippen LogP) is 3.48. The SMILES string of the molecule is CN(C)[C@@H]1CCN(c2ccc(NC(=O)OCc3ccccc3)cc2[N+](=O)[O-])C1. The number of nitrogens with zero attached hydrogens (tertiary/aromatic N) is 3. The summed E-state index contributed by atoms with van der Waals surface area (Å²) in [6, 6.07) is 14.4. The van der Waals surface area contributed by atoms with Crippen LogP contribution in [0.15, 0.2) is 48.5 Å². The molecular formula is C20H24N4O4. The van der Waals surface area contributed by atoms with Crippen LogP contribution in [-0.2, 0) is 11.3 Å². The minimum atomic E-state index is -0.653. The van der Waals surface area contributed by atoms with Crippen LogP contribution in [0, 0.1) is 10.1 Å². The number of anilines is 2. The van der Waals surface area contributed by atoms with Crippen molar-refractivity contribution in [1.29, 1.82) is 0 Å². The van der Waals surface area contributed by atoms with Crippen molar-refractivity contribution >= 4 is 23.2 Å². The third-order valence-electron chi connectivity index (χ3n) is 4.87. The zero-order valence-corrected chi connectivity index (χ0v) is 16.0. The Bertz CT molecular complexity index is 841. The molecule has 1 fully saturated rings. The summed E-state index contributed by atoms with van der Waals surface area (Å²) in [6.45, 7) is 1.63. The molecule has 148 valence electrons. The maximum atomic E-state index is 12.0. The maximum absolute atomic E-state index is 12.0. The van der Waals surface area contributed by atoms with Gasteiger partial charge in [0.1, 0.15) is 12.3 Å². The van der Waals surface area contributed by atoms with Gasteiger partial charge in [0.15, 0.2) is 0 Å². The molecule has 1 amide bonds. The lowest BCUT2D eigenvalue weighted by Crippen LogP contribution is -2.31. The molecule has 1 N–H and O–H groups in total. The summed E-state index contributed by atoms with van der Waals surface area (Å²) in [4.78, 5) is 27.3. The topological polar surface area (TPSA) is 88.0 Å². The molecule has 0 radical (unpaired) electrons. The van der Waals surface area contributed by atoms with Crippen molar-refractivity contribution in [1.82, 2.24) is 4.90 Å². The predicted molar refractivity (Wildman–Crippen MR) is 108 cm³/mol. The zero-order chi connectivity index (χ0) is 20.1. The molecule has 1 aliphatic rings. The van der Waals surface area contributed by atoms with E-state index in [0.717, 1.165) is 25.1 Å². The number of rotatable bonds is 6. The standard InChI is InChI=1S/C20H24N4O4/c1-22(2)17-10-11-23(13-17)18-9-8-16(12-19(18)24(26)27)21-20(25)28-14-15-6-4-3-5-7-15/h3-9,12,17H,10-11,13-14H2,1-2H3,(H,21,25)/t17-/m1/s1. The van der Waals surface area contributed by atoms with Gasteiger partial charge in [-0.3, -0.25) is 15.4 Å². The Morgan fingerprint density at radius 3 is 2.68 bits per heavy atom. The molecule has 1 aliphatic heterocycles. The fourth-order valence-corrected chi connectivity index (χ4v) is 3.27. The normalized spacial score (nSPS) is 16.2. The molecule has 0 aromatic heterocycles. The average Bonchev–Trinajstić information content (AvgIpc) is 3.17. The first kappa shape index (κ1) is 19.6. The molecule has 0 aliphatic carbocycles. The summed E-state index contributed by atoms with van der Waals surface area (Å²) >= 11 is 0. The maximum Gasteiger partial charge on any atom is 0.411 e. The lowest BCUT2D eigenvalue weighted by molar-refractivity contribution is -0.384. The number of nitrogens with one attached hydrogen (secondary N) is 1. The van der Waals surface area contributed by atoms with Gasteiger partial charge in [0.2, 0.25) is 0 Å². The summed E-state index contributed by atoms with van der Waals surface area (Å²) in [5.74, 6) is 0. The Morgan fingerprint density at radius 2 is 2.04 bits per heavy atom. The fourth-order valence-electron chi connectivity index (χ4n) is 3.27. The number of hydrogen-bond donors (Lipinski definition) is 1. The highest BCUT2D eigenvalue weighted by Crippen LogP contribution is 2.33. The number of benzene rings is 2. The fraction of sp³-hybridized carbons (Fsp3) is 0.350. The van der Waals surface area contributed by atoms with Gasteiger partial charge in [-0.25, -0.2) is 4.79 Å². The van der Waals surface area contributed by atoms with E-state index in [-0.39, 0.29) is 12.3 Å². The number of likely N-dealkylation sites (N-methyl/N-ethyl adjacent to an activating group) is 1. The molecule has 1 atom stereocenters. The molecule has 0 spiro atoms. The average molecular weight is 384 g/mol. The highest BCUT2D eigenvalue weighted by molar-refractivity contribution is 5.86. The Balaban J connectivity index is 1.67. The van der Waals surface area contributed by atoms with E-state index in [2.05, 4.69) is 10.2 Å². The summed E-state index contributed by atoms with van der Waals surface area (Å²) in [7, 11) is 4.02. The smallest absolute Gasteiger partial charge is 0.411 e. The van der Waals surface area contributed by atoms with E-state index >= 15 is 0 Å². The number of carbonyl (C=O) groups is 1. The summed E-state index contributed by atoms with van der Waals surface area (Å²) in [5.41, 5.74) is 1.73. The molecule has 0 unspecified atom stereocenters. The Hall–Kier alpha value is -3.13. The number of ether oxygens (including phenoxy) is 1. The molecule has 3 rings (SSSR count). The molecule has 0 bridgehead atoms. The molecular weight excluding hydrogens is 360 g/mol. The lowest BCUT2D eigenvalue weighted by Gasteiger charge is -2.22. The molecule has 8 heteroatoms. The minimum Gasteiger partial charge on any atom is -0.444 e. The largest absolute Gasteiger partial charge is 0.444 e. The number of hydrogen-bond acceptors (Lipinski definition) is 6. The highest BCUT2D eigenvalue weighted by Gasteiger charge is 2.29. The second kappa shape index (κ2) is 8.71. The van der Waals surface area contributed by atoms with Gasteiger partial charge in [-0.2, -0.15) is 0 Å². The van der Waals surface area contributed by atoms with Gasteiger partial charge in [-0.05, 0) is 38.2 Å². The van der Waals surface area contributed by atoms with Crippen LogP contribution in [-0.4, -0.2) is 49.1 Å². The second-order valence-corrected chi connectivity index (χ2v) is 7.00. The van der Waals surface area contributed by atoms with Crippen molar-refractivity contribution < 1.29 is 14.5 Å². The van der Waals surface area contributed by atoms with E-state index in [4.69, 9.17) is 4.74 Å². The third kappa shape index (κ3) is 4.77. The molecule has 2 aromatic carbocycles. The van der Waals surface area contributed by atoms with Crippen molar-refractivity contribution in [3.8, 4) is 0 Å². The van der Waals surface area contributed by atoms with E-state index in [1.807, 2.05) is 49.3 Å². The minimum absolute atomic E-state index is 0.0275. The molecule has 8 nitrogen and oxygen atoms in total. The van der Waals surface area contributed by atoms with Gasteiger partial charge in [-0.15, -0.1) is 0 Å². The summed E-state index contributed by atoms with van der Waals surface area (Å²) < 4.78 is 5.17. The van der Waals surface area contributed by atoms with E-state index in [1.165, 1.54) is 6.07 Å². The van der Waals surface area contributed by atoms with Crippen molar-refractivity contribution in [2.45, 2.75) is 19.1 Å². The molecule has 1 heterocycles. The van der Waals surface area contributed by atoms with Crippen LogP contribution in [0.1, 0.15) is 12.0 Å². The Morgan fingerprint density at radius 1 is 1.29 bits per heavy atom. The first-order valence-electron chi connectivity index (χ1n) is 9.11. The highest BCUT2D eigenvalue weighted by atomic mass is 16.6. The van der Waals surface area contributed by atoms with Gasteiger partial charge < -0.3 is 14.5 Å². The van der Waals surface area contributed by atoms with Gasteiger partial charge in [0.25, 0.3) is 5.69 Å².